The molecule has 3 fully saturated rings. The van der Waals surface area contributed by atoms with Crippen molar-refractivity contribution in [2.75, 3.05) is 31.6 Å². The van der Waals surface area contributed by atoms with Crippen LogP contribution in [0.25, 0.3) is 0 Å². The molecule has 0 radical (unpaired) electrons. The molecular formula is C25H45N3O2. The fourth-order valence-electron chi connectivity index (χ4n) is 3.82. The maximum Gasteiger partial charge on any atom is 0.228 e. The second-order valence-electron chi connectivity index (χ2n) is 7.37. The summed E-state index contributed by atoms with van der Waals surface area (Å²) in [5.41, 5.74) is 2.51. The molecule has 1 aliphatic carbocycles. The highest BCUT2D eigenvalue weighted by atomic mass is 16.5. The number of carbonyl (C=O) groups is 1. The number of hydrogen-bond acceptors (Lipinski definition) is 4. The van der Waals surface area contributed by atoms with Crippen LogP contribution in [0.2, 0.25) is 0 Å². The Morgan fingerprint density at radius 3 is 2.17 bits per heavy atom. The first-order valence-electron chi connectivity index (χ1n) is 12.4. The summed E-state index contributed by atoms with van der Waals surface area (Å²) in [7, 11) is 0. The van der Waals surface area contributed by atoms with Gasteiger partial charge in [0.05, 0.1) is 5.69 Å². The molecule has 2 aliphatic heterocycles. The van der Waals surface area contributed by atoms with Gasteiger partial charge in [-0.3, -0.25) is 9.69 Å². The van der Waals surface area contributed by atoms with E-state index in [1.165, 1.54) is 18.4 Å². The summed E-state index contributed by atoms with van der Waals surface area (Å²) in [4.78, 5) is 19.4. The summed E-state index contributed by atoms with van der Waals surface area (Å²) in [6.45, 7) is 16.9. The number of aromatic nitrogens is 1. The number of amides is 1. The van der Waals surface area contributed by atoms with E-state index in [0.29, 0.717) is 5.92 Å². The SMILES string of the molecule is CC.CC.CC.O=C(Nc1ccc(C2CCOCC2)c(CN2CCCC2)n1)C1CC1. The first kappa shape index (κ1) is 26.6. The third-order valence-electron chi connectivity index (χ3n) is 5.44. The molecule has 172 valence electrons. The first-order valence-corrected chi connectivity index (χ1v) is 12.4. The van der Waals surface area contributed by atoms with Gasteiger partial charge in [0, 0.05) is 25.7 Å². The lowest BCUT2D eigenvalue weighted by molar-refractivity contribution is -0.117. The third-order valence-corrected chi connectivity index (χ3v) is 5.44. The molecular weight excluding hydrogens is 374 g/mol. The zero-order valence-electron chi connectivity index (χ0n) is 20.3. The molecule has 0 bridgehead atoms. The van der Waals surface area contributed by atoms with Crippen LogP contribution >= 0.6 is 0 Å². The zero-order valence-corrected chi connectivity index (χ0v) is 20.3. The monoisotopic (exact) mass is 419 g/mol. The lowest BCUT2D eigenvalue weighted by Gasteiger charge is -2.26. The van der Waals surface area contributed by atoms with Crippen molar-refractivity contribution in [3.8, 4) is 0 Å². The molecule has 1 aromatic heterocycles. The van der Waals surface area contributed by atoms with E-state index in [0.717, 1.165) is 70.0 Å². The van der Waals surface area contributed by atoms with Crippen LogP contribution in [0, 0.1) is 5.92 Å². The van der Waals surface area contributed by atoms with Crippen LogP contribution in [0.15, 0.2) is 12.1 Å². The van der Waals surface area contributed by atoms with Gasteiger partial charge in [-0.15, -0.1) is 0 Å². The Hall–Kier alpha value is -1.46. The van der Waals surface area contributed by atoms with E-state index in [2.05, 4.69) is 16.3 Å². The predicted molar refractivity (Wildman–Crippen MR) is 127 cm³/mol. The minimum Gasteiger partial charge on any atom is -0.381 e. The Bertz CT molecular complexity index is 590. The lowest BCUT2D eigenvalue weighted by atomic mass is 9.90. The highest BCUT2D eigenvalue weighted by Crippen LogP contribution is 2.32. The van der Waals surface area contributed by atoms with Crippen LogP contribution in [0.4, 0.5) is 5.82 Å². The third kappa shape index (κ3) is 8.35. The van der Waals surface area contributed by atoms with Gasteiger partial charge in [-0.2, -0.15) is 0 Å². The highest BCUT2D eigenvalue weighted by Gasteiger charge is 2.30. The number of pyridine rings is 1. The fourth-order valence-corrected chi connectivity index (χ4v) is 3.82. The van der Waals surface area contributed by atoms with E-state index in [1.807, 2.05) is 47.6 Å². The van der Waals surface area contributed by atoms with Gasteiger partial charge >= 0.3 is 0 Å². The largest absolute Gasteiger partial charge is 0.381 e. The van der Waals surface area contributed by atoms with E-state index in [-0.39, 0.29) is 11.8 Å². The topological polar surface area (TPSA) is 54.5 Å². The zero-order chi connectivity index (χ0) is 22.4. The summed E-state index contributed by atoms with van der Waals surface area (Å²) in [6.07, 6.45) is 6.75. The molecule has 1 saturated carbocycles. The summed E-state index contributed by atoms with van der Waals surface area (Å²) in [5, 5.41) is 3.01. The average molecular weight is 420 g/mol. The van der Waals surface area contributed by atoms with E-state index in [9.17, 15) is 4.79 Å². The standard InChI is InChI=1S/C19H27N3O2.3C2H6/c23-19(15-3-4-15)21-18-6-5-16(14-7-11-24-12-8-14)17(20-18)13-22-9-1-2-10-22;3*1-2/h5-6,14-15H,1-4,7-13H2,(H,20,21,23);3*1-2H3. The minimum absolute atomic E-state index is 0.133. The smallest absolute Gasteiger partial charge is 0.228 e. The van der Waals surface area contributed by atoms with Gasteiger partial charge in [-0.1, -0.05) is 47.6 Å². The van der Waals surface area contributed by atoms with Crippen molar-refractivity contribution in [2.45, 2.75) is 92.5 Å². The van der Waals surface area contributed by atoms with Crippen molar-refractivity contribution in [3.63, 3.8) is 0 Å². The second-order valence-corrected chi connectivity index (χ2v) is 7.37. The number of likely N-dealkylation sites (tertiary alicyclic amines) is 1. The molecule has 0 spiro atoms. The van der Waals surface area contributed by atoms with E-state index in [4.69, 9.17) is 9.72 Å². The quantitative estimate of drug-likeness (QED) is 0.636. The van der Waals surface area contributed by atoms with Crippen molar-refractivity contribution < 1.29 is 9.53 Å². The second kappa shape index (κ2) is 15.4. The van der Waals surface area contributed by atoms with Crippen LogP contribution in [0.3, 0.4) is 0 Å². The Kier molecular flexibility index (Phi) is 13.6. The molecule has 1 aromatic rings. The molecule has 3 heterocycles. The number of anilines is 1. The van der Waals surface area contributed by atoms with Gasteiger partial charge in [0.25, 0.3) is 0 Å². The molecule has 0 atom stereocenters. The highest BCUT2D eigenvalue weighted by molar-refractivity contribution is 5.93. The van der Waals surface area contributed by atoms with E-state index in [1.54, 1.807) is 0 Å². The van der Waals surface area contributed by atoms with Crippen molar-refractivity contribution in [1.29, 1.82) is 0 Å². The molecule has 2 saturated heterocycles. The Labute approximate surface area is 185 Å². The Balaban J connectivity index is 0.000000691. The molecule has 5 nitrogen and oxygen atoms in total. The molecule has 5 heteroatoms. The fraction of sp³-hybridized carbons (Fsp3) is 0.760. The van der Waals surface area contributed by atoms with Crippen molar-refractivity contribution in [2.24, 2.45) is 5.92 Å². The van der Waals surface area contributed by atoms with Gasteiger partial charge in [-0.05, 0) is 69.2 Å². The van der Waals surface area contributed by atoms with Gasteiger partial charge in [0.1, 0.15) is 5.82 Å². The molecule has 3 aliphatic rings. The van der Waals surface area contributed by atoms with Crippen molar-refractivity contribution in [1.82, 2.24) is 9.88 Å². The van der Waals surface area contributed by atoms with Crippen molar-refractivity contribution in [3.05, 3.63) is 23.4 Å². The van der Waals surface area contributed by atoms with Crippen molar-refractivity contribution >= 4 is 11.7 Å². The number of hydrogen-bond donors (Lipinski definition) is 1. The Morgan fingerprint density at radius 1 is 1.00 bits per heavy atom. The average Bonchev–Trinajstić information content (AvgIpc) is 3.56. The maximum atomic E-state index is 12.0. The van der Waals surface area contributed by atoms with Crippen LogP contribution in [0.5, 0.6) is 0 Å². The summed E-state index contributed by atoms with van der Waals surface area (Å²) in [5.74, 6) is 1.60. The normalized spacial score (nSPS) is 18.7. The molecule has 4 rings (SSSR count). The molecule has 30 heavy (non-hydrogen) atoms. The van der Waals surface area contributed by atoms with Gasteiger partial charge in [0.2, 0.25) is 5.91 Å². The number of nitrogens with zero attached hydrogens (tertiary/aromatic N) is 2. The number of rotatable bonds is 5. The minimum atomic E-state index is 0.133. The van der Waals surface area contributed by atoms with E-state index >= 15 is 0 Å². The first-order chi connectivity index (χ1) is 14.8. The van der Waals surface area contributed by atoms with E-state index < -0.39 is 0 Å². The van der Waals surface area contributed by atoms with Crippen LogP contribution in [-0.2, 0) is 16.1 Å². The molecule has 0 aromatic carbocycles. The number of nitrogens with one attached hydrogen (secondary N) is 1. The number of carbonyl (C=O) groups excluding carboxylic acids is 1. The van der Waals surface area contributed by atoms with Crippen LogP contribution in [0.1, 0.15) is 97.2 Å². The summed E-state index contributed by atoms with van der Waals surface area (Å²) >= 11 is 0. The van der Waals surface area contributed by atoms with Gasteiger partial charge in [0.15, 0.2) is 0 Å². The van der Waals surface area contributed by atoms with Gasteiger partial charge < -0.3 is 10.1 Å². The molecule has 1 N–H and O–H groups in total. The molecule has 0 unspecified atom stereocenters. The summed E-state index contributed by atoms with van der Waals surface area (Å²) < 4.78 is 5.52. The Morgan fingerprint density at radius 2 is 1.60 bits per heavy atom. The maximum absolute atomic E-state index is 12.0. The lowest BCUT2D eigenvalue weighted by Crippen LogP contribution is -2.23. The predicted octanol–water partition coefficient (Wildman–Crippen LogP) is 6.00. The molecule has 1 amide bonds. The number of ether oxygens (including phenoxy) is 1. The van der Waals surface area contributed by atoms with Crippen LogP contribution < -0.4 is 5.32 Å². The van der Waals surface area contributed by atoms with Crippen LogP contribution in [-0.4, -0.2) is 42.1 Å². The van der Waals surface area contributed by atoms with Gasteiger partial charge in [-0.25, -0.2) is 4.98 Å². The summed E-state index contributed by atoms with van der Waals surface area (Å²) in [6, 6.07) is 4.18.